The third kappa shape index (κ3) is 0.706. The Bertz CT molecular complexity index is 104. The minimum absolute atomic E-state index is 0.343. The van der Waals surface area contributed by atoms with E-state index in [9.17, 15) is 9.18 Å². The monoisotopic (exact) mass is 103 g/mol. The van der Waals surface area contributed by atoms with Crippen LogP contribution in [0.15, 0.2) is 0 Å². The van der Waals surface area contributed by atoms with Gasteiger partial charge in [0.1, 0.15) is 6.17 Å². The predicted octanol–water partition coefficient (Wildman–Crippen LogP) is -0.170. The molecule has 0 unspecified atom stereocenters. The Morgan fingerprint density at radius 3 is 2.29 bits per heavy atom. The summed E-state index contributed by atoms with van der Waals surface area (Å²) in [6, 6.07) is 0. The van der Waals surface area contributed by atoms with Gasteiger partial charge in [0.15, 0.2) is 0 Å². The average molecular weight is 103 g/mol. The normalized spacial score (nSPS) is 37.9. The van der Waals surface area contributed by atoms with E-state index in [0.717, 1.165) is 0 Å². The van der Waals surface area contributed by atoms with Gasteiger partial charge in [-0.25, -0.2) is 4.39 Å². The summed E-state index contributed by atoms with van der Waals surface area (Å²) >= 11 is 0. The van der Waals surface area contributed by atoms with Crippen LogP contribution in [-0.4, -0.2) is 12.1 Å². The highest BCUT2D eigenvalue weighted by Crippen LogP contribution is 2.32. The molecule has 7 heavy (non-hydrogen) atoms. The molecule has 0 aliphatic heterocycles. The summed E-state index contributed by atoms with van der Waals surface area (Å²) in [5, 5.41) is 0. The summed E-state index contributed by atoms with van der Waals surface area (Å²) in [6.07, 6.45) is -0.590. The summed E-state index contributed by atoms with van der Waals surface area (Å²) in [7, 11) is 0. The van der Waals surface area contributed by atoms with Crippen LogP contribution in [0.25, 0.3) is 0 Å². The maximum atomic E-state index is 11.7. The molecule has 3 heteroatoms. The zero-order valence-electron chi connectivity index (χ0n) is 3.73. The van der Waals surface area contributed by atoms with E-state index in [4.69, 9.17) is 5.73 Å². The van der Waals surface area contributed by atoms with Crippen LogP contribution in [0.3, 0.4) is 0 Å². The molecular weight excluding hydrogens is 97.0 g/mol. The standard InChI is InChI=1S/C4H6FNO/c5-3-1-2(3)4(6)7/h2-3H,1H2,(H2,6,7)/t2-,3+/m1/s1. The van der Waals surface area contributed by atoms with E-state index in [1.807, 2.05) is 0 Å². The molecule has 1 aliphatic carbocycles. The molecule has 1 saturated carbocycles. The van der Waals surface area contributed by atoms with Crippen LogP contribution in [0.5, 0.6) is 0 Å². The number of alkyl halides is 1. The second-order valence-corrected chi connectivity index (χ2v) is 1.76. The van der Waals surface area contributed by atoms with Crippen molar-refractivity contribution in [1.82, 2.24) is 0 Å². The Kier molecular flexibility index (Phi) is 0.770. The average Bonchev–Trinajstić information content (AvgIpc) is 2.17. The van der Waals surface area contributed by atoms with Gasteiger partial charge in [-0.15, -0.1) is 0 Å². The lowest BCUT2D eigenvalue weighted by Crippen LogP contribution is -2.13. The van der Waals surface area contributed by atoms with Crippen molar-refractivity contribution in [3.05, 3.63) is 0 Å². The SMILES string of the molecule is NC(=O)[C@@H]1C[C@@H]1F. The molecule has 0 aromatic heterocycles. The van der Waals surface area contributed by atoms with Crippen molar-refractivity contribution in [2.45, 2.75) is 12.6 Å². The van der Waals surface area contributed by atoms with Crippen LogP contribution in [0.2, 0.25) is 0 Å². The van der Waals surface area contributed by atoms with Crippen molar-refractivity contribution in [1.29, 1.82) is 0 Å². The largest absolute Gasteiger partial charge is 0.369 e. The summed E-state index contributed by atoms with van der Waals surface area (Å²) in [6.45, 7) is 0. The highest BCUT2D eigenvalue weighted by Gasteiger charge is 2.42. The first kappa shape index (κ1) is 4.56. The maximum Gasteiger partial charge on any atom is 0.223 e. The smallest absolute Gasteiger partial charge is 0.223 e. The topological polar surface area (TPSA) is 43.1 Å². The molecular formula is C4H6FNO. The molecule has 2 nitrogen and oxygen atoms in total. The number of primary amides is 1. The molecule has 1 rings (SSSR count). The Labute approximate surface area is 40.5 Å². The molecule has 2 N–H and O–H groups in total. The van der Waals surface area contributed by atoms with Crippen LogP contribution < -0.4 is 5.73 Å². The maximum absolute atomic E-state index is 11.7. The highest BCUT2D eigenvalue weighted by atomic mass is 19.1. The lowest BCUT2D eigenvalue weighted by Gasteiger charge is -1.79. The van der Waals surface area contributed by atoms with Gasteiger partial charge in [0.25, 0.3) is 0 Å². The summed E-state index contributed by atoms with van der Waals surface area (Å²) in [5.74, 6) is -0.965. The predicted molar refractivity (Wildman–Crippen MR) is 22.2 cm³/mol. The van der Waals surface area contributed by atoms with Gasteiger partial charge in [-0.1, -0.05) is 0 Å². The quantitative estimate of drug-likeness (QED) is 0.492. The molecule has 0 aromatic carbocycles. The van der Waals surface area contributed by atoms with E-state index in [2.05, 4.69) is 0 Å². The number of carbonyl (C=O) groups excluding carboxylic acids is 1. The number of hydrogen-bond acceptors (Lipinski definition) is 1. The fraction of sp³-hybridized carbons (Fsp3) is 0.750. The van der Waals surface area contributed by atoms with Crippen molar-refractivity contribution in [2.24, 2.45) is 11.7 Å². The third-order valence-corrected chi connectivity index (χ3v) is 1.08. The van der Waals surface area contributed by atoms with Crippen molar-refractivity contribution in [2.75, 3.05) is 0 Å². The number of halogens is 1. The lowest BCUT2D eigenvalue weighted by atomic mass is 10.4. The van der Waals surface area contributed by atoms with Crippen molar-refractivity contribution in [3.8, 4) is 0 Å². The molecule has 0 bridgehead atoms. The Morgan fingerprint density at radius 2 is 2.29 bits per heavy atom. The van der Waals surface area contributed by atoms with Gasteiger partial charge in [0, 0.05) is 0 Å². The van der Waals surface area contributed by atoms with Gasteiger partial charge in [0.05, 0.1) is 5.92 Å². The number of rotatable bonds is 1. The minimum atomic E-state index is -0.933. The molecule has 40 valence electrons. The Balaban J connectivity index is 2.33. The zero-order valence-corrected chi connectivity index (χ0v) is 3.73. The van der Waals surface area contributed by atoms with E-state index in [1.165, 1.54) is 0 Å². The number of nitrogens with two attached hydrogens (primary N) is 1. The molecule has 0 heterocycles. The molecule has 2 atom stereocenters. The van der Waals surface area contributed by atoms with E-state index >= 15 is 0 Å². The van der Waals surface area contributed by atoms with Gasteiger partial charge in [-0.2, -0.15) is 0 Å². The summed E-state index contributed by atoms with van der Waals surface area (Å²) in [4.78, 5) is 9.95. The zero-order chi connectivity index (χ0) is 5.44. The van der Waals surface area contributed by atoms with Gasteiger partial charge >= 0.3 is 0 Å². The molecule has 0 saturated heterocycles. The molecule has 0 aromatic rings. The van der Waals surface area contributed by atoms with Crippen LogP contribution >= 0.6 is 0 Å². The van der Waals surface area contributed by atoms with Crippen molar-refractivity contribution < 1.29 is 9.18 Å². The first-order valence-corrected chi connectivity index (χ1v) is 2.15. The second kappa shape index (κ2) is 1.18. The summed E-state index contributed by atoms with van der Waals surface area (Å²) in [5.41, 5.74) is 4.71. The molecule has 0 radical (unpaired) electrons. The first-order valence-electron chi connectivity index (χ1n) is 2.15. The van der Waals surface area contributed by atoms with Gasteiger partial charge in [0.2, 0.25) is 5.91 Å². The van der Waals surface area contributed by atoms with Crippen LogP contribution in [0, 0.1) is 5.92 Å². The molecule has 1 amide bonds. The Morgan fingerprint density at radius 1 is 1.86 bits per heavy atom. The van der Waals surface area contributed by atoms with Crippen molar-refractivity contribution >= 4 is 5.91 Å². The van der Waals surface area contributed by atoms with Gasteiger partial charge in [-0.05, 0) is 6.42 Å². The lowest BCUT2D eigenvalue weighted by molar-refractivity contribution is -0.119. The van der Waals surface area contributed by atoms with Crippen molar-refractivity contribution in [3.63, 3.8) is 0 Å². The third-order valence-electron chi connectivity index (χ3n) is 1.08. The van der Waals surface area contributed by atoms with Crippen LogP contribution in [0.1, 0.15) is 6.42 Å². The van der Waals surface area contributed by atoms with Gasteiger partial charge in [-0.3, -0.25) is 4.79 Å². The minimum Gasteiger partial charge on any atom is -0.369 e. The fourth-order valence-electron chi connectivity index (χ4n) is 0.458. The Hall–Kier alpha value is -0.600. The molecule has 0 spiro atoms. The number of amides is 1. The first-order chi connectivity index (χ1) is 3.22. The van der Waals surface area contributed by atoms with Gasteiger partial charge < -0.3 is 5.73 Å². The molecule has 1 fully saturated rings. The summed E-state index contributed by atoms with van der Waals surface area (Å²) < 4.78 is 11.7. The van der Waals surface area contributed by atoms with E-state index in [0.29, 0.717) is 6.42 Å². The number of carbonyl (C=O) groups is 1. The molecule has 1 aliphatic rings. The van der Waals surface area contributed by atoms with E-state index < -0.39 is 18.0 Å². The van der Waals surface area contributed by atoms with Crippen LogP contribution in [0.4, 0.5) is 4.39 Å². The van der Waals surface area contributed by atoms with E-state index in [1.54, 1.807) is 0 Å². The van der Waals surface area contributed by atoms with Crippen LogP contribution in [-0.2, 0) is 4.79 Å². The fourth-order valence-corrected chi connectivity index (χ4v) is 0.458. The van der Waals surface area contributed by atoms with E-state index in [-0.39, 0.29) is 0 Å². The second-order valence-electron chi connectivity index (χ2n) is 1.76. The number of hydrogen-bond donors (Lipinski definition) is 1. The highest BCUT2D eigenvalue weighted by molar-refractivity contribution is 5.80.